The fraction of sp³-hybridized carbons (Fsp3) is 0.308. The summed E-state index contributed by atoms with van der Waals surface area (Å²) in [4.78, 5) is 14.9. The number of H-pyrrole nitrogens is 1. The minimum absolute atomic E-state index is 0.0282. The third-order valence-corrected chi connectivity index (χ3v) is 2.31. The number of aryl methyl sites for hydroxylation is 1. The highest BCUT2D eigenvalue weighted by Crippen LogP contribution is 2.18. The second-order valence-corrected chi connectivity index (χ2v) is 4.19. The lowest BCUT2D eigenvalue weighted by molar-refractivity contribution is 0.243. The van der Waals surface area contributed by atoms with Gasteiger partial charge in [-0.05, 0) is 39.0 Å². The molecule has 0 aliphatic heterocycles. The highest BCUT2D eigenvalue weighted by atomic mass is 16.5. The molecule has 0 radical (unpaired) electrons. The Hall–Kier alpha value is -1.77. The predicted molar refractivity (Wildman–Crippen MR) is 65.1 cm³/mol. The lowest BCUT2D eigenvalue weighted by Crippen LogP contribution is -2.07. The molecule has 16 heavy (non-hydrogen) atoms. The summed E-state index contributed by atoms with van der Waals surface area (Å²) in [5.41, 5.74) is 1.75. The van der Waals surface area contributed by atoms with Gasteiger partial charge in [-0.1, -0.05) is 0 Å². The molecule has 0 fully saturated rings. The average molecular weight is 217 g/mol. The van der Waals surface area contributed by atoms with Gasteiger partial charge in [0.1, 0.15) is 5.75 Å². The molecule has 0 aliphatic rings. The van der Waals surface area contributed by atoms with Crippen molar-refractivity contribution in [3.63, 3.8) is 0 Å². The first kappa shape index (κ1) is 10.7. The quantitative estimate of drug-likeness (QED) is 0.840. The van der Waals surface area contributed by atoms with E-state index in [1.165, 1.54) is 0 Å². The Kier molecular flexibility index (Phi) is 2.69. The molecule has 0 unspecified atom stereocenters. The number of benzene rings is 1. The zero-order chi connectivity index (χ0) is 11.7. The zero-order valence-corrected chi connectivity index (χ0v) is 9.70. The summed E-state index contributed by atoms with van der Waals surface area (Å²) < 4.78 is 5.55. The van der Waals surface area contributed by atoms with E-state index in [0.717, 1.165) is 17.0 Å². The lowest BCUT2D eigenvalue weighted by Gasteiger charge is -2.10. The van der Waals surface area contributed by atoms with Gasteiger partial charge < -0.3 is 9.72 Å². The van der Waals surface area contributed by atoms with E-state index in [-0.39, 0.29) is 11.5 Å². The van der Waals surface area contributed by atoms with Gasteiger partial charge in [-0.15, -0.1) is 0 Å². The normalized spacial score (nSPS) is 11.0. The van der Waals surface area contributed by atoms with Crippen molar-refractivity contribution in [2.75, 3.05) is 0 Å². The van der Waals surface area contributed by atoms with Crippen molar-refractivity contribution in [1.82, 2.24) is 4.98 Å². The smallest absolute Gasteiger partial charge is 0.189 e. The van der Waals surface area contributed by atoms with Gasteiger partial charge >= 0.3 is 0 Å². The fourth-order valence-corrected chi connectivity index (χ4v) is 1.70. The summed E-state index contributed by atoms with van der Waals surface area (Å²) >= 11 is 0. The van der Waals surface area contributed by atoms with Crippen LogP contribution in [0.2, 0.25) is 0 Å². The summed E-state index contributed by atoms with van der Waals surface area (Å²) in [5, 5.41) is 0.670. The van der Waals surface area contributed by atoms with E-state index in [1.807, 2.05) is 32.9 Å². The molecule has 0 saturated heterocycles. The van der Waals surface area contributed by atoms with Crippen LogP contribution in [0.4, 0.5) is 0 Å². The fourth-order valence-electron chi connectivity index (χ4n) is 1.70. The van der Waals surface area contributed by atoms with Crippen LogP contribution in [-0.4, -0.2) is 11.1 Å². The molecule has 3 nitrogen and oxygen atoms in total. The van der Waals surface area contributed by atoms with E-state index >= 15 is 0 Å². The van der Waals surface area contributed by atoms with E-state index < -0.39 is 0 Å². The molecule has 0 spiro atoms. The van der Waals surface area contributed by atoms with Crippen LogP contribution in [0.15, 0.2) is 29.1 Å². The van der Waals surface area contributed by atoms with Crippen molar-refractivity contribution in [1.29, 1.82) is 0 Å². The van der Waals surface area contributed by atoms with E-state index in [4.69, 9.17) is 4.74 Å². The Morgan fingerprint density at radius 2 is 2.00 bits per heavy atom. The van der Waals surface area contributed by atoms with Gasteiger partial charge in [0.2, 0.25) is 0 Å². The lowest BCUT2D eigenvalue weighted by atomic mass is 10.2. The Morgan fingerprint density at radius 1 is 1.25 bits per heavy atom. The molecule has 1 aromatic carbocycles. The predicted octanol–water partition coefficient (Wildman–Crippen LogP) is 2.62. The number of aromatic nitrogens is 1. The SMILES string of the molecule is Cc1cc(=O)c2cc(OC(C)C)ccc2[nH]1. The number of nitrogens with one attached hydrogen (secondary N) is 1. The Bertz CT molecular complexity index is 570. The molecule has 1 aromatic heterocycles. The number of fused-ring (bicyclic) bond motifs is 1. The standard InChI is InChI=1S/C13H15NO2/c1-8(2)16-10-4-5-12-11(7-10)13(15)6-9(3)14-12/h4-8H,1-3H3,(H,14,15). The van der Waals surface area contributed by atoms with Crippen LogP contribution in [0, 0.1) is 6.92 Å². The van der Waals surface area contributed by atoms with Crippen molar-refractivity contribution in [3.05, 3.63) is 40.2 Å². The van der Waals surface area contributed by atoms with Crippen molar-refractivity contribution in [2.24, 2.45) is 0 Å². The van der Waals surface area contributed by atoms with E-state index in [0.29, 0.717) is 5.39 Å². The van der Waals surface area contributed by atoms with Crippen LogP contribution in [0.5, 0.6) is 5.75 Å². The number of hydrogen-bond donors (Lipinski definition) is 1. The van der Waals surface area contributed by atoms with Crippen LogP contribution < -0.4 is 10.2 Å². The van der Waals surface area contributed by atoms with Gasteiger partial charge in [0.05, 0.1) is 6.10 Å². The molecule has 0 atom stereocenters. The monoisotopic (exact) mass is 217 g/mol. The molecule has 84 valence electrons. The molecule has 0 aliphatic carbocycles. The average Bonchev–Trinajstić information content (AvgIpc) is 2.18. The summed E-state index contributed by atoms with van der Waals surface area (Å²) in [6.45, 7) is 5.80. The number of pyridine rings is 1. The van der Waals surface area contributed by atoms with Gasteiger partial charge in [-0.3, -0.25) is 4.79 Å². The summed E-state index contributed by atoms with van der Waals surface area (Å²) in [6, 6.07) is 7.13. The molecule has 0 bridgehead atoms. The van der Waals surface area contributed by atoms with E-state index in [2.05, 4.69) is 4.98 Å². The molecule has 1 N–H and O–H groups in total. The van der Waals surface area contributed by atoms with Gasteiger partial charge in [0.15, 0.2) is 5.43 Å². The van der Waals surface area contributed by atoms with Crippen molar-refractivity contribution >= 4 is 10.9 Å². The van der Waals surface area contributed by atoms with Crippen molar-refractivity contribution < 1.29 is 4.74 Å². The zero-order valence-electron chi connectivity index (χ0n) is 9.70. The minimum Gasteiger partial charge on any atom is -0.491 e. The summed E-state index contributed by atoms with van der Waals surface area (Å²) in [6.07, 6.45) is 0.113. The second kappa shape index (κ2) is 4.00. The number of hydrogen-bond acceptors (Lipinski definition) is 2. The number of rotatable bonds is 2. The molecule has 2 aromatic rings. The van der Waals surface area contributed by atoms with E-state index in [9.17, 15) is 4.79 Å². The maximum Gasteiger partial charge on any atom is 0.189 e. The maximum absolute atomic E-state index is 11.8. The van der Waals surface area contributed by atoms with Gasteiger partial charge in [0.25, 0.3) is 0 Å². The molecule has 3 heteroatoms. The van der Waals surface area contributed by atoms with Crippen LogP contribution in [-0.2, 0) is 0 Å². The molecule has 1 heterocycles. The van der Waals surface area contributed by atoms with Gasteiger partial charge in [-0.2, -0.15) is 0 Å². The second-order valence-electron chi connectivity index (χ2n) is 4.19. The molecular weight excluding hydrogens is 202 g/mol. The highest BCUT2D eigenvalue weighted by molar-refractivity contribution is 5.80. The maximum atomic E-state index is 11.8. The highest BCUT2D eigenvalue weighted by Gasteiger charge is 2.03. The van der Waals surface area contributed by atoms with E-state index in [1.54, 1.807) is 12.1 Å². The summed E-state index contributed by atoms with van der Waals surface area (Å²) in [7, 11) is 0. The third kappa shape index (κ3) is 2.08. The number of aromatic amines is 1. The van der Waals surface area contributed by atoms with Crippen molar-refractivity contribution in [2.45, 2.75) is 26.9 Å². The van der Waals surface area contributed by atoms with Crippen LogP contribution in [0.3, 0.4) is 0 Å². The Morgan fingerprint density at radius 3 is 2.69 bits per heavy atom. The first-order chi connectivity index (χ1) is 7.56. The number of ether oxygens (including phenoxy) is 1. The largest absolute Gasteiger partial charge is 0.491 e. The van der Waals surface area contributed by atoms with Crippen LogP contribution >= 0.6 is 0 Å². The van der Waals surface area contributed by atoms with Crippen LogP contribution in [0.1, 0.15) is 19.5 Å². The van der Waals surface area contributed by atoms with Crippen LogP contribution in [0.25, 0.3) is 10.9 Å². The topological polar surface area (TPSA) is 42.1 Å². The Balaban J connectivity index is 2.58. The minimum atomic E-state index is 0.0282. The molecule has 0 saturated carbocycles. The molecular formula is C13H15NO2. The summed E-state index contributed by atoms with van der Waals surface area (Å²) in [5.74, 6) is 0.733. The Labute approximate surface area is 94.1 Å². The van der Waals surface area contributed by atoms with Gasteiger partial charge in [-0.25, -0.2) is 0 Å². The third-order valence-electron chi connectivity index (χ3n) is 2.31. The first-order valence-corrected chi connectivity index (χ1v) is 5.36. The first-order valence-electron chi connectivity index (χ1n) is 5.36. The molecule has 0 amide bonds. The van der Waals surface area contributed by atoms with Gasteiger partial charge in [0, 0.05) is 22.7 Å². The molecule has 2 rings (SSSR count). The van der Waals surface area contributed by atoms with Crippen molar-refractivity contribution in [3.8, 4) is 5.75 Å².